The minimum atomic E-state index is -4.52. The van der Waals surface area contributed by atoms with Crippen LogP contribution in [0.25, 0.3) is 0 Å². The third kappa shape index (κ3) is 3.59. The van der Waals surface area contributed by atoms with E-state index >= 15 is 0 Å². The van der Waals surface area contributed by atoms with Crippen LogP contribution in [0.3, 0.4) is 0 Å². The zero-order valence-electron chi connectivity index (χ0n) is 14.3. The van der Waals surface area contributed by atoms with Gasteiger partial charge in [0.05, 0.1) is 0 Å². The van der Waals surface area contributed by atoms with Crippen LogP contribution in [0, 0.1) is 0 Å². The Hall–Kier alpha value is -2.51. The summed E-state index contributed by atoms with van der Waals surface area (Å²) in [5.41, 5.74) is 1.31. The van der Waals surface area contributed by atoms with Gasteiger partial charge in [-0.3, -0.25) is 10.0 Å². The predicted octanol–water partition coefficient (Wildman–Crippen LogP) is -0.0656. The maximum Gasteiger partial charge on any atom is 0.277 e. The van der Waals surface area contributed by atoms with Gasteiger partial charge in [0, 0.05) is 13.1 Å². The molecule has 0 spiro atoms. The standard InChI is InChI=1S/C16H17N3O7S2/c20-15(19-21)16(10-17-28(24,25)18-11-16)27(22,23)14-9-5-4-8-13(14)26-12-6-2-1-3-7-12/h1-9,17-18,21H,10-11H2,(H,19,20). The molecule has 1 aliphatic rings. The Morgan fingerprint density at radius 3 is 2.21 bits per heavy atom. The highest BCUT2D eigenvalue weighted by Gasteiger charge is 2.55. The highest BCUT2D eigenvalue weighted by Crippen LogP contribution is 2.35. The molecule has 2 aromatic rings. The van der Waals surface area contributed by atoms with Gasteiger partial charge in [0.15, 0.2) is 14.6 Å². The van der Waals surface area contributed by atoms with Crippen LogP contribution in [-0.4, -0.2) is 45.8 Å². The van der Waals surface area contributed by atoms with Crippen LogP contribution < -0.4 is 19.7 Å². The number of rotatable bonds is 5. The second-order valence-electron chi connectivity index (χ2n) is 5.95. The summed E-state index contributed by atoms with van der Waals surface area (Å²) in [6.45, 7) is -1.53. The van der Waals surface area contributed by atoms with Crippen LogP contribution in [0.1, 0.15) is 0 Å². The zero-order chi connectivity index (χ0) is 20.4. The quantitative estimate of drug-likeness (QED) is 0.385. The molecule has 28 heavy (non-hydrogen) atoms. The molecule has 1 saturated heterocycles. The summed E-state index contributed by atoms with van der Waals surface area (Å²) in [6, 6.07) is 14.0. The fourth-order valence-electron chi connectivity index (χ4n) is 2.69. The normalized spacial score (nSPS) is 18.2. The van der Waals surface area contributed by atoms with Crippen molar-refractivity contribution in [2.24, 2.45) is 0 Å². The number of sulfone groups is 1. The van der Waals surface area contributed by atoms with Crippen LogP contribution in [0.4, 0.5) is 0 Å². The smallest absolute Gasteiger partial charge is 0.277 e. The van der Waals surface area contributed by atoms with Gasteiger partial charge in [0.1, 0.15) is 16.4 Å². The Morgan fingerprint density at radius 2 is 1.61 bits per heavy atom. The van der Waals surface area contributed by atoms with Gasteiger partial charge in [-0.1, -0.05) is 30.3 Å². The summed E-state index contributed by atoms with van der Waals surface area (Å²) in [4.78, 5) is 12.0. The summed E-state index contributed by atoms with van der Waals surface area (Å²) >= 11 is 0. The lowest BCUT2D eigenvalue weighted by molar-refractivity contribution is -0.131. The molecule has 12 heteroatoms. The first-order chi connectivity index (χ1) is 13.2. The molecule has 0 saturated carbocycles. The minimum absolute atomic E-state index is 0.0488. The van der Waals surface area contributed by atoms with Crippen molar-refractivity contribution in [3.63, 3.8) is 0 Å². The third-order valence-corrected chi connectivity index (χ3v) is 7.70. The molecule has 1 fully saturated rings. The van der Waals surface area contributed by atoms with Gasteiger partial charge in [-0.15, -0.1) is 0 Å². The molecule has 0 aliphatic carbocycles. The van der Waals surface area contributed by atoms with E-state index in [2.05, 4.69) is 0 Å². The molecule has 3 rings (SSSR count). The summed E-state index contributed by atoms with van der Waals surface area (Å²) < 4.78 is 57.3. The molecule has 0 unspecified atom stereocenters. The van der Waals surface area contributed by atoms with E-state index in [0.29, 0.717) is 5.75 Å². The van der Waals surface area contributed by atoms with E-state index in [1.807, 2.05) is 9.44 Å². The monoisotopic (exact) mass is 427 g/mol. The van der Waals surface area contributed by atoms with Crippen molar-refractivity contribution in [1.29, 1.82) is 0 Å². The van der Waals surface area contributed by atoms with E-state index in [9.17, 15) is 21.6 Å². The maximum atomic E-state index is 13.4. The van der Waals surface area contributed by atoms with Crippen molar-refractivity contribution >= 4 is 26.0 Å². The molecule has 0 radical (unpaired) electrons. The van der Waals surface area contributed by atoms with E-state index in [1.54, 1.807) is 36.4 Å². The van der Waals surface area contributed by atoms with E-state index in [4.69, 9.17) is 9.94 Å². The van der Waals surface area contributed by atoms with E-state index in [0.717, 1.165) is 0 Å². The first-order valence-electron chi connectivity index (χ1n) is 7.97. The van der Waals surface area contributed by atoms with Crippen LogP contribution in [0.15, 0.2) is 59.5 Å². The molecular formula is C16H17N3O7S2. The molecule has 4 N–H and O–H groups in total. The number of nitrogens with one attached hydrogen (secondary N) is 3. The molecule has 0 bridgehead atoms. The zero-order valence-corrected chi connectivity index (χ0v) is 16.0. The predicted molar refractivity (Wildman–Crippen MR) is 97.7 cm³/mol. The Balaban J connectivity index is 2.09. The summed E-state index contributed by atoms with van der Waals surface area (Å²) in [5, 5.41) is 9.10. The molecule has 10 nitrogen and oxygen atoms in total. The molecule has 150 valence electrons. The molecule has 0 atom stereocenters. The topological polar surface area (TPSA) is 151 Å². The lowest BCUT2D eigenvalue weighted by atomic mass is 10.1. The first-order valence-corrected chi connectivity index (χ1v) is 10.9. The Bertz CT molecular complexity index is 1070. The van der Waals surface area contributed by atoms with Gasteiger partial charge in [0.2, 0.25) is 0 Å². The molecule has 1 aliphatic heterocycles. The van der Waals surface area contributed by atoms with Crippen molar-refractivity contribution in [2.75, 3.05) is 13.1 Å². The van der Waals surface area contributed by atoms with Crippen molar-refractivity contribution in [2.45, 2.75) is 9.64 Å². The lowest BCUT2D eigenvalue weighted by Gasteiger charge is -2.34. The van der Waals surface area contributed by atoms with Crippen LogP contribution in [0.2, 0.25) is 0 Å². The van der Waals surface area contributed by atoms with Crippen LogP contribution in [0.5, 0.6) is 11.5 Å². The molecule has 0 aromatic heterocycles. The van der Waals surface area contributed by atoms with E-state index in [1.165, 1.54) is 23.7 Å². The Morgan fingerprint density at radius 1 is 1.04 bits per heavy atom. The fraction of sp³-hybridized carbons (Fsp3) is 0.188. The lowest BCUT2D eigenvalue weighted by Crippen LogP contribution is -2.68. The summed E-state index contributed by atoms with van der Waals surface area (Å²) in [7, 11) is -8.48. The number of hydrogen-bond acceptors (Lipinski definition) is 7. The number of hydrogen-bond donors (Lipinski definition) is 4. The Labute approximate surface area is 161 Å². The Kier molecular flexibility index (Phi) is 5.41. The van der Waals surface area contributed by atoms with Crippen molar-refractivity contribution in [3.05, 3.63) is 54.6 Å². The number of hydroxylamine groups is 1. The van der Waals surface area contributed by atoms with Gasteiger partial charge < -0.3 is 4.74 Å². The number of carbonyl (C=O) groups is 1. The highest BCUT2D eigenvalue weighted by molar-refractivity contribution is 7.94. The average Bonchev–Trinajstić information content (AvgIpc) is 2.68. The molecule has 2 aromatic carbocycles. The number of para-hydroxylation sites is 2. The van der Waals surface area contributed by atoms with Crippen molar-refractivity contribution < 1.29 is 31.6 Å². The maximum absolute atomic E-state index is 13.4. The second kappa shape index (κ2) is 7.48. The fourth-order valence-corrected chi connectivity index (χ4v) is 5.72. The largest absolute Gasteiger partial charge is 0.456 e. The van der Waals surface area contributed by atoms with Gasteiger partial charge in [-0.05, 0) is 24.3 Å². The number of benzene rings is 2. The average molecular weight is 427 g/mol. The van der Waals surface area contributed by atoms with Gasteiger partial charge in [0.25, 0.3) is 16.1 Å². The van der Waals surface area contributed by atoms with Crippen LogP contribution >= 0.6 is 0 Å². The SMILES string of the molecule is O=C(NO)C1(S(=O)(=O)c2ccccc2Oc2ccccc2)CNS(=O)(=O)NC1. The van der Waals surface area contributed by atoms with Gasteiger partial charge in [-0.2, -0.15) is 8.42 Å². The summed E-state index contributed by atoms with van der Waals surface area (Å²) in [5.74, 6) is -0.961. The number of amides is 1. The van der Waals surface area contributed by atoms with Crippen molar-refractivity contribution in [3.8, 4) is 11.5 Å². The van der Waals surface area contributed by atoms with Gasteiger partial charge in [-0.25, -0.2) is 23.3 Å². The number of carbonyl (C=O) groups excluding carboxylic acids is 1. The van der Waals surface area contributed by atoms with Crippen LogP contribution in [-0.2, 0) is 24.8 Å². The molecule has 1 heterocycles. The minimum Gasteiger partial charge on any atom is -0.456 e. The number of ether oxygens (including phenoxy) is 1. The van der Waals surface area contributed by atoms with Crippen molar-refractivity contribution in [1.82, 2.24) is 14.9 Å². The molecular weight excluding hydrogens is 410 g/mol. The van der Waals surface area contributed by atoms with E-state index < -0.39 is 43.8 Å². The molecule has 1 amide bonds. The third-order valence-electron chi connectivity index (χ3n) is 4.23. The highest BCUT2D eigenvalue weighted by atomic mass is 32.2. The van der Waals surface area contributed by atoms with E-state index in [-0.39, 0.29) is 10.6 Å². The first kappa shape index (κ1) is 20.2. The summed E-state index contributed by atoms with van der Waals surface area (Å²) in [6.07, 6.45) is 0. The second-order valence-corrected chi connectivity index (χ2v) is 9.76. The van der Waals surface area contributed by atoms with Gasteiger partial charge >= 0.3 is 0 Å².